The lowest BCUT2D eigenvalue weighted by molar-refractivity contribution is -0.115. The second-order valence-electron chi connectivity index (χ2n) is 5.85. The molecule has 2 heterocycles. The largest absolute Gasteiger partial charge is 0.326 e. The van der Waals surface area contributed by atoms with Crippen molar-refractivity contribution in [1.29, 1.82) is 0 Å². The molecule has 0 aliphatic rings. The van der Waals surface area contributed by atoms with Crippen molar-refractivity contribution >= 4 is 11.6 Å². The summed E-state index contributed by atoms with van der Waals surface area (Å²) in [5.41, 5.74) is 3.71. The van der Waals surface area contributed by atoms with Crippen LogP contribution in [0.25, 0.3) is 11.4 Å². The highest BCUT2D eigenvalue weighted by atomic mass is 16.1. The SMILES string of the molecule is Cc1ccc(CC(=O)Nc2ccc(-c3nc(C)cc(=O)[nH]3)cc2)cn1. The molecule has 25 heavy (non-hydrogen) atoms. The van der Waals surface area contributed by atoms with Crippen molar-refractivity contribution < 1.29 is 4.79 Å². The van der Waals surface area contributed by atoms with Crippen LogP contribution in [0.3, 0.4) is 0 Å². The van der Waals surface area contributed by atoms with Crippen LogP contribution in [-0.2, 0) is 11.2 Å². The van der Waals surface area contributed by atoms with Gasteiger partial charge >= 0.3 is 0 Å². The van der Waals surface area contributed by atoms with Gasteiger partial charge in [0.1, 0.15) is 5.82 Å². The third kappa shape index (κ3) is 4.38. The third-order valence-corrected chi connectivity index (χ3v) is 3.65. The van der Waals surface area contributed by atoms with Gasteiger partial charge in [0.2, 0.25) is 5.91 Å². The number of anilines is 1. The van der Waals surface area contributed by atoms with Crippen molar-refractivity contribution in [3.8, 4) is 11.4 Å². The van der Waals surface area contributed by atoms with E-state index in [0.717, 1.165) is 16.8 Å². The van der Waals surface area contributed by atoms with E-state index in [-0.39, 0.29) is 17.9 Å². The van der Waals surface area contributed by atoms with Gasteiger partial charge in [-0.3, -0.25) is 14.6 Å². The lowest BCUT2D eigenvalue weighted by atomic mass is 10.1. The zero-order valence-electron chi connectivity index (χ0n) is 14.0. The van der Waals surface area contributed by atoms with Crippen LogP contribution >= 0.6 is 0 Å². The van der Waals surface area contributed by atoms with Crippen molar-refractivity contribution in [2.24, 2.45) is 0 Å². The second kappa shape index (κ2) is 7.09. The van der Waals surface area contributed by atoms with Gasteiger partial charge in [0.15, 0.2) is 0 Å². The van der Waals surface area contributed by atoms with E-state index in [1.807, 2.05) is 19.1 Å². The molecule has 0 atom stereocenters. The van der Waals surface area contributed by atoms with Crippen molar-refractivity contribution in [2.45, 2.75) is 20.3 Å². The fraction of sp³-hybridized carbons (Fsp3) is 0.158. The lowest BCUT2D eigenvalue weighted by Gasteiger charge is -2.07. The summed E-state index contributed by atoms with van der Waals surface area (Å²) in [6.45, 7) is 3.68. The monoisotopic (exact) mass is 334 g/mol. The normalized spacial score (nSPS) is 10.5. The Hall–Kier alpha value is -3.28. The minimum absolute atomic E-state index is 0.111. The maximum absolute atomic E-state index is 12.1. The molecule has 0 unspecified atom stereocenters. The fourth-order valence-electron chi connectivity index (χ4n) is 2.42. The first-order valence-electron chi connectivity index (χ1n) is 7.89. The van der Waals surface area contributed by atoms with Crippen LogP contribution in [0.4, 0.5) is 5.69 Å². The Morgan fingerprint density at radius 3 is 2.48 bits per heavy atom. The fourth-order valence-corrected chi connectivity index (χ4v) is 2.42. The molecule has 0 aliphatic carbocycles. The van der Waals surface area contributed by atoms with Crippen LogP contribution in [-0.4, -0.2) is 20.9 Å². The van der Waals surface area contributed by atoms with Gasteiger partial charge in [-0.15, -0.1) is 0 Å². The first-order valence-corrected chi connectivity index (χ1v) is 7.89. The number of benzene rings is 1. The van der Waals surface area contributed by atoms with Gasteiger partial charge in [-0.05, 0) is 49.7 Å². The Kier molecular flexibility index (Phi) is 4.70. The minimum atomic E-state index is -0.188. The molecule has 0 saturated heterocycles. The number of aryl methyl sites for hydroxylation is 2. The predicted molar refractivity (Wildman–Crippen MR) is 96.3 cm³/mol. The second-order valence-corrected chi connectivity index (χ2v) is 5.85. The Bertz CT molecular complexity index is 944. The van der Waals surface area contributed by atoms with Gasteiger partial charge in [0, 0.05) is 34.9 Å². The summed E-state index contributed by atoms with van der Waals surface area (Å²) in [4.78, 5) is 34.8. The van der Waals surface area contributed by atoms with Crippen LogP contribution in [0.5, 0.6) is 0 Å². The smallest absolute Gasteiger partial charge is 0.251 e. The molecule has 3 aromatic rings. The molecule has 0 fully saturated rings. The molecule has 0 bridgehead atoms. The van der Waals surface area contributed by atoms with Crippen molar-refractivity contribution in [1.82, 2.24) is 15.0 Å². The predicted octanol–water partition coefficient (Wildman–Crippen LogP) is 2.63. The Balaban J connectivity index is 1.68. The maximum atomic E-state index is 12.1. The summed E-state index contributed by atoms with van der Waals surface area (Å²) in [5.74, 6) is 0.397. The van der Waals surface area contributed by atoms with E-state index in [4.69, 9.17) is 0 Å². The number of H-pyrrole nitrogens is 1. The number of carbonyl (C=O) groups is 1. The average Bonchev–Trinajstić information content (AvgIpc) is 2.57. The van der Waals surface area contributed by atoms with Crippen LogP contribution in [0.1, 0.15) is 17.0 Å². The molecule has 0 saturated carbocycles. The van der Waals surface area contributed by atoms with E-state index in [0.29, 0.717) is 17.2 Å². The molecule has 6 heteroatoms. The van der Waals surface area contributed by atoms with E-state index in [1.54, 1.807) is 37.4 Å². The number of aromatic amines is 1. The molecular weight excluding hydrogens is 316 g/mol. The number of pyridine rings is 1. The molecule has 6 nitrogen and oxygen atoms in total. The van der Waals surface area contributed by atoms with Gasteiger partial charge < -0.3 is 10.3 Å². The molecule has 1 aromatic carbocycles. The highest BCUT2D eigenvalue weighted by molar-refractivity contribution is 5.92. The molecule has 0 spiro atoms. The quantitative estimate of drug-likeness (QED) is 0.768. The summed E-state index contributed by atoms with van der Waals surface area (Å²) >= 11 is 0. The van der Waals surface area contributed by atoms with E-state index in [9.17, 15) is 9.59 Å². The van der Waals surface area contributed by atoms with Gasteiger partial charge in [-0.1, -0.05) is 6.07 Å². The number of hydrogen-bond acceptors (Lipinski definition) is 4. The molecule has 2 N–H and O–H groups in total. The van der Waals surface area contributed by atoms with Crippen molar-refractivity contribution in [3.05, 3.63) is 76.0 Å². The Morgan fingerprint density at radius 2 is 1.84 bits per heavy atom. The topological polar surface area (TPSA) is 87.7 Å². The van der Waals surface area contributed by atoms with E-state index < -0.39 is 0 Å². The number of nitrogens with zero attached hydrogens (tertiary/aromatic N) is 2. The van der Waals surface area contributed by atoms with E-state index in [2.05, 4.69) is 20.3 Å². The van der Waals surface area contributed by atoms with Crippen LogP contribution < -0.4 is 10.9 Å². The van der Waals surface area contributed by atoms with Crippen LogP contribution in [0.15, 0.2) is 53.5 Å². The standard InChI is InChI=1S/C19H18N4O2/c1-12-3-4-14(11-20-12)10-18(25)22-16-7-5-15(6-8-16)19-21-13(2)9-17(24)23-19/h3-9,11H,10H2,1-2H3,(H,22,25)(H,21,23,24). The van der Waals surface area contributed by atoms with Crippen molar-refractivity contribution in [3.63, 3.8) is 0 Å². The molecule has 1 amide bonds. The summed E-state index contributed by atoms with van der Waals surface area (Å²) < 4.78 is 0. The summed E-state index contributed by atoms with van der Waals surface area (Å²) in [6.07, 6.45) is 1.97. The van der Waals surface area contributed by atoms with E-state index in [1.165, 1.54) is 6.07 Å². The summed E-state index contributed by atoms with van der Waals surface area (Å²) in [6, 6.07) is 12.4. The Labute approximate surface area is 145 Å². The van der Waals surface area contributed by atoms with Gasteiger partial charge in [-0.25, -0.2) is 4.98 Å². The highest BCUT2D eigenvalue weighted by Gasteiger charge is 2.06. The molecular formula is C19H18N4O2. The zero-order chi connectivity index (χ0) is 17.8. The first kappa shape index (κ1) is 16.6. The maximum Gasteiger partial charge on any atom is 0.251 e. The molecule has 0 aliphatic heterocycles. The molecule has 3 rings (SSSR count). The average molecular weight is 334 g/mol. The van der Waals surface area contributed by atoms with Gasteiger partial charge in [0.25, 0.3) is 5.56 Å². The molecule has 126 valence electrons. The number of rotatable bonds is 4. The van der Waals surface area contributed by atoms with E-state index >= 15 is 0 Å². The van der Waals surface area contributed by atoms with Gasteiger partial charge in [0.05, 0.1) is 6.42 Å². The highest BCUT2D eigenvalue weighted by Crippen LogP contribution is 2.17. The number of amides is 1. The minimum Gasteiger partial charge on any atom is -0.326 e. The molecule has 2 aromatic heterocycles. The van der Waals surface area contributed by atoms with Crippen molar-refractivity contribution in [2.75, 3.05) is 5.32 Å². The number of nitrogens with one attached hydrogen (secondary N) is 2. The lowest BCUT2D eigenvalue weighted by Crippen LogP contribution is -2.14. The summed E-state index contributed by atoms with van der Waals surface area (Å²) in [7, 11) is 0. The van der Waals surface area contributed by atoms with Crippen LogP contribution in [0.2, 0.25) is 0 Å². The number of hydrogen-bond donors (Lipinski definition) is 2. The van der Waals surface area contributed by atoms with Gasteiger partial charge in [-0.2, -0.15) is 0 Å². The zero-order valence-corrected chi connectivity index (χ0v) is 14.0. The molecule has 0 radical (unpaired) electrons. The Morgan fingerprint density at radius 1 is 1.08 bits per heavy atom. The number of carbonyl (C=O) groups excluding carboxylic acids is 1. The summed E-state index contributed by atoms with van der Waals surface area (Å²) in [5, 5.41) is 2.85. The van der Waals surface area contributed by atoms with Crippen LogP contribution in [0, 0.1) is 13.8 Å². The first-order chi connectivity index (χ1) is 12.0. The number of aromatic nitrogens is 3. The third-order valence-electron chi connectivity index (χ3n) is 3.65.